The van der Waals surface area contributed by atoms with Gasteiger partial charge >= 0.3 is 0 Å². The number of aromatic nitrogens is 1. The van der Waals surface area contributed by atoms with Gasteiger partial charge < -0.3 is 16.0 Å². The van der Waals surface area contributed by atoms with Crippen LogP contribution in [0.25, 0.3) is 0 Å². The fourth-order valence-corrected chi connectivity index (χ4v) is 1.97. The zero-order chi connectivity index (χ0) is 12.8. The van der Waals surface area contributed by atoms with Crippen LogP contribution in [-0.2, 0) is 0 Å². The van der Waals surface area contributed by atoms with Gasteiger partial charge in [0.05, 0.1) is 0 Å². The third-order valence-corrected chi connectivity index (χ3v) is 2.83. The zero-order valence-electron chi connectivity index (χ0n) is 10.7. The fraction of sp³-hybridized carbons (Fsp3) is 0.583. The number of nitrogens with two attached hydrogens (primary N) is 1. The molecule has 0 radical (unpaired) electrons. The van der Waals surface area contributed by atoms with E-state index in [2.05, 4.69) is 36.0 Å². The van der Waals surface area contributed by atoms with Gasteiger partial charge in [0.15, 0.2) is 0 Å². The average Bonchev–Trinajstić information content (AvgIpc) is 2.24. The largest absolute Gasteiger partial charge is 0.399 e. The first-order chi connectivity index (χ1) is 8.05. The van der Waals surface area contributed by atoms with Crippen LogP contribution < -0.4 is 11.1 Å². The van der Waals surface area contributed by atoms with Crippen LogP contribution in [-0.4, -0.2) is 35.6 Å². The lowest BCUT2D eigenvalue weighted by Crippen LogP contribution is -2.34. The molecular formula is C12H21ClN4. The van der Waals surface area contributed by atoms with Gasteiger partial charge in [-0.15, -0.1) is 0 Å². The predicted molar refractivity (Wildman–Crippen MR) is 74.5 cm³/mol. The first kappa shape index (κ1) is 14.1. The molecule has 1 rings (SSSR count). The third-order valence-electron chi connectivity index (χ3n) is 2.64. The number of hydrogen-bond donors (Lipinski definition) is 2. The molecular weight excluding hydrogens is 236 g/mol. The molecule has 1 aromatic heterocycles. The second-order valence-corrected chi connectivity index (χ2v) is 4.53. The SMILES string of the molecule is CCN(CC)CC(C)Nc1cc(N)cc(Cl)n1. The lowest BCUT2D eigenvalue weighted by molar-refractivity contribution is 0.294. The highest BCUT2D eigenvalue weighted by atomic mass is 35.5. The molecule has 0 aromatic carbocycles. The van der Waals surface area contributed by atoms with E-state index in [1.807, 2.05) is 0 Å². The summed E-state index contributed by atoms with van der Waals surface area (Å²) in [6.45, 7) is 9.51. The minimum atomic E-state index is 0.306. The number of halogens is 1. The van der Waals surface area contributed by atoms with Gasteiger partial charge in [0, 0.05) is 24.3 Å². The monoisotopic (exact) mass is 256 g/mol. The Morgan fingerprint density at radius 3 is 2.59 bits per heavy atom. The van der Waals surface area contributed by atoms with E-state index >= 15 is 0 Å². The summed E-state index contributed by atoms with van der Waals surface area (Å²) in [4.78, 5) is 6.54. The maximum Gasteiger partial charge on any atom is 0.133 e. The van der Waals surface area contributed by atoms with Crippen molar-refractivity contribution in [1.82, 2.24) is 9.88 Å². The Hall–Kier alpha value is -1.00. The summed E-state index contributed by atoms with van der Waals surface area (Å²) >= 11 is 5.85. The van der Waals surface area contributed by atoms with E-state index in [0.29, 0.717) is 16.9 Å². The molecule has 96 valence electrons. The quantitative estimate of drug-likeness (QED) is 0.768. The number of pyridine rings is 1. The van der Waals surface area contributed by atoms with Crippen molar-refractivity contribution in [2.24, 2.45) is 0 Å². The Morgan fingerprint density at radius 2 is 2.06 bits per heavy atom. The van der Waals surface area contributed by atoms with Crippen LogP contribution in [0, 0.1) is 0 Å². The van der Waals surface area contributed by atoms with E-state index < -0.39 is 0 Å². The maximum atomic E-state index is 5.85. The Morgan fingerprint density at radius 1 is 1.41 bits per heavy atom. The first-order valence-electron chi connectivity index (χ1n) is 5.97. The van der Waals surface area contributed by atoms with E-state index in [1.165, 1.54) is 0 Å². The van der Waals surface area contributed by atoms with Crippen LogP contribution in [0.3, 0.4) is 0 Å². The minimum absolute atomic E-state index is 0.306. The van der Waals surface area contributed by atoms with Crippen molar-refractivity contribution < 1.29 is 0 Å². The van der Waals surface area contributed by atoms with Crippen LogP contribution >= 0.6 is 11.6 Å². The summed E-state index contributed by atoms with van der Waals surface area (Å²) in [6, 6.07) is 3.74. The van der Waals surface area contributed by atoms with Gasteiger partial charge in [-0.3, -0.25) is 0 Å². The first-order valence-corrected chi connectivity index (χ1v) is 6.34. The highest BCUT2D eigenvalue weighted by Gasteiger charge is 2.08. The van der Waals surface area contributed by atoms with Crippen LogP contribution in [0.4, 0.5) is 11.5 Å². The lowest BCUT2D eigenvalue weighted by Gasteiger charge is -2.23. The standard InChI is InChI=1S/C12H21ClN4/c1-4-17(5-2)8-9(3)15-12-7-10(14)6-11(13)16-12/h6-7,9H,4-5,8H2,1-3H3,(H3,14,15,16). The minimum Gasteiger partial charge on any atom is -0.399 e. The van der Waals surface area contributed by atoms with E-state index in [9.17, 15) is 0 Å². The van der Waals surface area contributed by atoms with Gasteiger partial charge in [-0.1, -0.05) is 25.4 Å². The van der Waals surface area contributed by atoms with Gasteiger partial charge in [0.25, 0.3) is 0 Å². The van der Waals surface area contributed by atoms with Gasteiger partial charge in [-0.2, -0.15) is 0 Å². The van der Waals surface area contributed by atoms with Crippen molar-refractivity contribution in [3.8, 4) is 0 Å². The summed E-state index contributed by atoms with van der Waals surface area (Å²) in [5, 5.41) is 3.72. The van der Waals surface area contributed by atoms with E-state index in [4.69, 9.17) is 17.3 Å². The number of likely N-dealkylation sites (N-methyl/N-ethyl adjacent to an activating group) is 1. The van der Waals surface area contributed by atoms with Gasteiger partial charge in [0.1, 0.15) is 11.0 Å². The number of anilines is 2. The molecule has 0 aliphatic heterocycles. The van der Waals surface area contributed by atoms with Crippen molar-refractivity contribution in [2.75, 3.05) is 30.7 Å². The molecule has 0 aliphatic rings. The van der Waals surface area contributed by atoms with Crippen LogP contribution in [0.15, 0.2) is 12.1 Å². The summed E-state index contributed by atoms with van der Waals surface area (Å²) in [7, 11) is 0. The van der Waals surface area contributed by atoms with Gasteiger partial charge in [0.2, 0.25) is 0 Å². The fourth-order valence-electron chi connectivity index (χ4n) is 1.76. The van der Waals surface area contributed by atoms with Gasteiger partial charge in [-0.25, -0.2) is 4.98 Å². The molecule has 1 heterocycles. The molecule has 1 aromatic rings. The van der Waals surface area contributed by atoms with Crippen molar-refractivity contribution in [2.45, 2.75) is 26.8 Å². The molecule has 0 bridgehead atoms. The number of nitrogens with zero attached hydrogens (tertiary/aromatic N) is 2. The molecule has 0 saturated heterocycles. The molecule has 0 fully saturated rings. The Kier molecular flexibility index (Phi) is 5.51. The lowest BCUT2D eigenvalue weighted by atomic mass is 10.3. The van der Waals surface area contributed by atoms with Crippen molar-refractivity contribution >= 4 is 23.1 Å². The Labute approximate surface area is 108 Å². The Bertz CT molecular complexity index is 332. The molecule has 0 amide bonds. The molecule has 1 unspecified atom stereocenters. The van der Waals surface area contributed by atoms with Crippen LogP contribution in [0.5, 0.6) is 0 Å². The smallest absolute Gasteiger partial charge is 0.133 e. The highest BCUT2D eigenvalue weighted by molar-refractivity contribution is 6.29. The number of nitrogen functional groups attached to an aromatic ring is 1. The molecule has 1 atom stereocenters. The number of nitrogens with one attached hydrogen (secondary N) is 1. The topological polar surface area (TPSA) is 54.2 Å². The zero-order valence-corrected chi connectivity index (χ0v) is 11.5. The Balaban J connectivity index is 2.58. The average molecular weight is 257 g/mol. The summed E-state index contributed by atoms with van der Waals surface area (Å²) < 4.78 is 0. The highest BCUT2D eigenvalue weighted by Crippen LogP contribution is 2.16. The summed E-state index contributed by atoms with van der Waals surface area (Å²) in [5.74, 6) is 0.731. The summed E-state index contributed by atoms with van der Waals surface area (Å²) in [5.41, 5.74) is 6.34. The molecule has 0 saturated carbocycles. The van der Waals surface area contributed by atoms with E-state index in [-0.39, 0.29) is 0 Å². The second-order valence-electron chi connectivity index (χ2n) is 4.14. The van der Waals surface area contributed by atoms with Gasteiger partial charge in [-0.05, 0) is 26.1 Å². The van der Waals surface area contributed by atoms with Crippen molar-refractivity contribution in [1.29, 1.82) is 0 Å². The van der Waals surface area contributed by atoms with E-state index in [1.54, 1.807) is 12.1 Å². The molecule has 17 heavy (non-hydrogen) atoms. The molecule has 5 heteroatoms. The predicted octanol–water partition coefficient (Wildman–Crippen LogP) is 2.46. The normalized spacial score (nSPS) is 12.8. The van der Waals surface area contributed by atoms with E-state index in [0.717, 1.165) is 25.5 Å². The van der Waals surface area contributed by atoms with Crippen molar-refractivity contribution in [3.05, 3.63) is 17.3 Å². The van der Waals surface area contributed by atoms with Crippen LogP contribution in [0.1, 0.15) is 20.8 Å². The summed E-state index contributed by atoms with van der Waals surface area (Å²) in [6.07, 6.45) is 0. The molecule has 4 nitrogen and oxygen atoms in total. The molecule has 0 aliphatic carbocycles. The number of hydrogen-bond acceptors (Lipinski definition) is 4. The molecule has 3 N–H and O–H groups in total. The van der Waals surface area contributed by atoms with Crippen LogP contribution in [0.2, 0.25) is 5.15 Å². The second kappa shape index (κ2) is 6.67. The number of rotatable bonds is 6. The van der Waals surface area contributed by atoms with Crippen molar-refractivity contribution in [3.63, 3.8) is 0 Å². The third kappa shape index (κ3) is 4.79. The molecule has 0 spiro atoms. The maximum absolute atomic E-state index is 5.85.